The molecule has 0 amide bonds. The van der Waals surface area contributed by atoms with E-state index in [-0.39, 0.29) is 5.92 Å². The van der Waals surface area contributed by atoms with Crippen molar-refractivity contribution in [1.29, 1.82) is 0 Å². The number of nitrogens with two attached hydrogens (primary N) is 1. The molecule has 0 spiro atoms. The van der Waals surface area contributed by atoms with Crippen LogP contribution in [0.5, 0.6) is 0 Å². The minimum atomic E-state index is -2.20. The van der Waals surface area contributed by atoms with Crippen LogP contribution in [0, 0.1) is 5.92 Å². The molecule has 0 aromatic carbocycles. The van der Waals surface area contributed by atoms with Crippen LogP contribution in [0.2, 0.25) is 0 Å². The lowest BCUT2D eigenvalue weighted by Gasteiger charge is -2.33. The smallest absolute Gasteiger partial charge is 0.239 e. The van der Waals surface area contributed by atoms with Gasteiger partial charge in [-0.25, -0.2) is 0 Å². The molecule has 5 N–H and O–H groups in total. The highest BCUT2D eigenvalue weighted by atomic mass is 16.5. The van der Waals surface area contributed by atoms with Gasteiger partial charge in [0.15, 0.2) is 0 Å². The maximum absolute atomic E-state index is 10.3. The molecule has 0 aliphatic heterocycles. The van der Waals surface area contributed by atoms with E-state index >= 15 is 0 Å². The predicted molar refractivity (Wildman–Crippen MR) is 53.3 cm³/mol. The monoisotopic (exact) mass is 204 g/mol. The van der Waals surface area contributed by atoms with Crippen molar-refractivity contribution < 1.29 is 15.0 Å². The summed E-state index contributed by atoms with van der Waals surface area (Å²) in [5.41, 5.74) is 5.63. The molecule has 0 heterocycles. The van der Waals surface area contributed by atoms with Crippen LogP contribution in [0.25, 0.3) is 0 Å². The molecule has 0 saturated heterocycles. The largest absolute Gasteiger partial charge is 0.352 e. The zero-order chi connectivity index (χ0) is 11.4. The standard InChI is InChI=1S/C9H20N2O3/c1-4-6(2)8(10)9(13,14)11-7(3)5-12/h5-8,11,13-14H,4,10H2,1-3H3/t6-,7-,8-/m0/s1. The molecule has 5 heteroatoms. The van der Waals surface area contributed by atoms with E-state index < -0.39 is 18.0 Å². The van der Waals surface area contributed by atoms with Crippen molar-refractivity contribution in [1.82, 2.24) is 5.32 Å². The zero-order valence-electron chi connectivity index (χ0n) is 8.90. The lowest BCUT2D eigenvalue weighted by molar-refractivity contribution is -0.212. The fourth-order valence-electron chi connectivity index (χ4n) is 1.12. The summed E-state index contributed by atoms with van der Waals surface area (Å²) in [7, 11) is 0. The van der Waals surface area contributed by atoms with Crippen LogP contribution in [-0.2, 0) is 4.79 Å². The Kier molecular flexibility index (Phi) is 5.22. The highest BCUT2D eigenvalue weighted by Gasteiger charge is 2.35. The maximum Gasteiger partial charge on any atom is 0.239 e. The fraction of sp³-hybridized carbons (Fsp3) is 0.889. The quantitative estimate of drug-likeness (QED) is 0.335. The Labute approximate surface area is 84.3 Å². The van der Waals surface area contributed by atoms with Gasteiger partial charge in [-0.15, -0.1) is 0 Å². The van der Waals surface area contributed by atoms with Crippen molar-refractivity contribution in [2.45, 2.75) is 45.2 Å². The van der Waals surface area contributed by atoms with Crippen LogP contribution in [0.15, 0.2) is 0 Å². The lowest BCUT2D eigenvalue weighted by atomic mass is 9.96. The lowest BCUT2D eigenvalue weighted by Crippen LogP contribution is -2.63. The van der Waals surface area contributed by atoms with Crippen molar-refractivity contribution in [3.05, 3.63) is 0 Å². The zero-order valence-corrected chi connectivity index (χ0v) is 8.90. The van der Waals surface area contributed by atoms with Gasteiger partial charge in [0, 0.05) is 0 Å². The van der Waals surface area contributed by atoms with E-state index in [1.807, 2.05) is 13.8 Å². The van der Waals surface area contributed by atoms with Crippen LogP contribution in [0.4, 0.5) is 0 Å². The number of nitrogens with one attached hydrogen (secondary N) is 1. The summed E-state index contributed by atoms with van der Waals surface area (Å²) in [5.74, 6) is -2.24. The number of aliphatic hydroxyl groups is 2. The van der Waals surface area contributed by atoms with Gasteiger partial charge in [0.05, 0.1) is 12.1 Å². The Morgan fingerprint density at radius 2 is 2.00 bits per heavy atom. The second-order valence-corrected chi connectivity index (χ2v) is 3.71. The topological polar surface area (TPSA) is 95.6 Å². The van der Waals surface area contributed by atoms with Crippen LogP contribution in [0.3, 0.4) is 0 Å². The number of hydrogen-bond acceptors (Lipinski definition) is 5. The van der Waals surface area contributed by atoms with Crippen molar-refractivity contribution in [3.8, 4) is 0 Å². The molecule has 3 atom stereocenters. The Morgan fingerprint density at radius 3 is 2.36 bits per heavy atom. The van der Waals surface area contributed by atoms with E-state index in [1.54, 1.807) is 0 Å². The second kappa shape index (κ2) is 5.41. The average Bonchev–Trinajstić information content (AvgIpc) is 2.14. The third-order valence-corrected chi connectivity index (χ3v) is 2.37. The summed E-state index contributed by atoms with van der Waals surface area (Å²) in [5, 5.41) is 21.4. The normalized spacial score (nSPS) is 18.7. The van der Waals surface area contributed by atoms with Crippen LogP contribution in [0.1, 0.15) is 27.2 Å². The Bertz CT molecular complexity index is 185. The third kappa shape index (κ3) is 3.71. The minimum Gasteiger partial charge on any atom is -0.352 e. The summed E-state index contributed by atoms with van der Waals surface area (Å²) in [6, 6.07) is -1.46. The highest BCUT2D eigenvalue weighted by molar-refractivity contribution is 5.56. The first kappa shape index (κ1) is 13.5. The summed E-state index contributed by atoms with van der Waals surface area (Å²) >= 11 is 0. The van der Waals surface area contributed by atoms with E-state index in [0.717, 1.165) is 6.42 Å². The molecule has 0 aliphatic carbocycles. The number of carbonyl (C=O) groups excluding carboxylic acids is 1. The van der Waals surface area contributed by atoms with Crippen LogP contribution >= 0.6 is 0 Å². The van der Waals surface area contributed by atoms with E-state index in [4.69, 9.17) is 5.73 Å². The van der Waals surface area contributed by atoms with Crippen LogP contribution < -0.4 is 11.1 Å². The van der Waals surface area contributed by atoms with Gasteiger partial charge in [-0.05, 0) is 12.8 Å². The van der Waals surface area contributed by atoms with Gasteiger partial charge < -0.3 is 20.7 Å². The third-order valence-electron chi connectivity index (χ3n) is 2.37. The second-order valence-electron chi connectivity index (χ2n) is 3.71. The Hall–Kier alpha value is -0.490. The first-order valence-electron chi connectivity index (χ1n) is 4.78. The van der Waals surface area contributed by atoms with Crippen molar-refractivity contribution in [3.63, 3.8) is 0 Å². The predicted octanol–water partition coefficient (Wildman–Crippen LogP) is -0.825. The van der Waals surface area contributed by atoms with E-state index in [1.165, 1.54) is 6.92 Å². The summed E-state index contributed by atoms with van der Waals surface area (Å²) in [6.07, 6.45) is 1.33. The first-order valence-corrected chi connectivity index (χ1v) is 4.78. The SMILES string of the molecule is CC[C@H](C)[C@H](N)C(O)(O)N[C@@H](C)C=O. The number of rotatable bonds is 6. The molecule has 0 unspecified atom stereocenters. The van der Waals surface area contributed by atoms with Gasteiger partial charge in [-0.1, -0.05) is 20.3 Å². The molecule has 0 aliphatic rings. The van der Waals surface area contributed by atoms with Crippen molar-refractivity contribution in [2.24, 2.45) is 11.7 Å². The number of aldehydes is 1. The number of hydrogen-bond donors (Lipinski definition) is 4. The molecule has 14 heavy (non-hydrogen) atoms. The van der Waals surface area contributed by atoms with Gasteiger partial charge in [0.2, 0.25) is 5.91 Å². The van der Waals surface area contributed by atoms with E-state index in [0.29, 0.717) is 6.29 Å². The highest BCUT2D eigenvalue weighted by Crippen LogP contribution is 2.14. The van der Waals surface area contributed by atoms with Gasteiger partial charge >= 0.3 is 0 Å². The maximum atomic E-state index is 10.3. The molecule has 0 aromatic rings. The summed E-state index contributed by atoms with van der Waals surface area (Å²) in [6.45, 7) is 5.25. The van der Waals surface area contributed by atoms with E-state index in [2.05, 4.69) is 5.32 Å². The van der Waals surface area contributed by atoms with Crippen molar-refractivity contribution >= 4 is 6.29 Å². The molecule has 0 fully saturated rings. The molecule has 84 valence electrons. The summed E-state index contributed by atoms with van der Waals surface area (Å²) < 4.78 is 0. The Morgan fingerprint density at radius 1 is 1.50 bits per heavy atom. The molecule has 0 rings (SSSR count). The molecule has 0 radical (unpaired) electrons. The minimum absolute atomic E-state index is 0.0450. The van der Waals surface area contributed by atoms with Gasteiger partial charge in [-0.2, -0.15) is 0 Å². The van der Waals surface area contributed by atoms with Gasteiger partial charge in [-0.3, -0.25) is 5.32 Å². The van der Waals surface area contributed by atoms with Crippen molar-refractivity contribution in [2.75, 3.05) is 0 Å². The van der Waals surface area contributed by atoms with Gasteiger partial charge in [0.25, 0.3) is 0 Å². The fourth-order valence-corrected chi connectivity index (χ4v) is 1.12. The molecule has 0 bridgehead atoms. The molecular formula is C9H20N2O3. The summed E-state index contributed by atoms with van der Waals surface area (Å²) in [4.78, 5) is 10.3. The van der Waals surface area contributed by atoms with Gasteiger partial charge in [0.1, 0.15) is 6.29 Å². The molecule has 0 saturated carbocycles. The molecule has 0 aromatic heterocycles. The first-order chi connectivity index (χ1) is 6.35. The average molecular weight is 204 g/mol. The molecular weight excluding hydrogens is 184 g/mol. The Balaban J connectivity index is 4.35. The van der Waals surface area contributed by atoms with E-state index in [9.17, 15) is 15.0 Å². The van der Waals surface area contributed by atoms with Crippen LogP contribution in [-0.4, -0.2) is 34.5 Å². The number of carbonyl (C=O) groups is 1. The molecule has 5 nitrogen and oxygen atoms in total.